The fourth-order valence-corrected chi connectivity index (χ4v) is 2.05. The second-order valence-corrected chi connectivity index (χ2v) is 4.50. The first-order valence-corrected chi connectivity index (χ1v) is 5.70. The molecule has 0 fully saturated rings. The van der Waals surface area contributed by atoms with E-state index in [0.717, 1.165) is 17.2 Å². The largest absolute Gasteiger partial charge is 0.507 e. The van der Waals surface area contributed by atoms with Gasteiger partial charge in [-0.15, -0.1) is 0 Å². The van der Waals surface area contributed by atoms with Crippen molar-refractivity contribution in [3.63, 3.8) is 0 Å². The first-order chi connectivity index (χ1) is 8.47. The molecule has 3 heteroatoms. The van der Waals surface area contributed by atoms with Gasteiger partial charge in [-0.2, -0.15) is 0 Å². The van der Waals surface area contributed by atoms with Crippen LogP contribution in [0, 0.1) is 25.5 Å². The maximum absolute atomic E-state index is 13.5. The lowest BCUT2D eigenvalue weighted by atomic mass is 9.99. The third kappa shape index (κ3) is 2.50. The number of hydrogen-bond acceptors (Lipinski definition) is 1. The smallest absolute Gasteiger partial charge is 0.129 e. The van der Waals surface area contributed by atoms with E-state index in [1.54, 1.807) is 6.92 Å². The van der Waals surface area contributed by atoms with Crippen LogP contribution in [0.1, 0.15) is 22.3 Å². The van der Waals surface area contributed by atoms with E-state index in [4.69, 9.17) is 0 Å². The van der Waals surface area contributed by atoms with E-state index in [9.17, 15) is 13.9 Å². The lowest BCUT2D eigenvalue weighted by molar-refractivity contribution is 0.464. The number of benzene rings is 2. The lowest BCUT2D eigenvalue weighted by Crippen LogP contribution is -1.96. The van der Waals surface area contributed by atoms with Crippen LogP contribution >= 0.6 is 0 Å². The van der Waals surface area contributed by atoms with E-state index in [0.29, 0.717) is 11.1 Å². The molecule has 0 spiro atoms. The summed E-state index contributed by atoms with van der Waals surface area (Å²) in [7, 11) is 0. The van der Waals surface area contributed by atoms with Gasteiger partial charge in [-0.1, -0.05) is 23.8 Å². The molecule has 0 aliphatic heterocycles. The minimum atomic E-state index is -0.596. The monoisotopic (exact) mass is 248 g/mol. The molecule has 0 aliphatic carbocycles. The van der Waals surface area contributed by atoms with Gasteiger partial charge < -0.3 is 5.11 Å². The Hall–Kier alpha value is -1.90. The van der Waals surface area contributed by atoms with Crippen LogP contribution < -0.4 is 0 Å². The van der Waals surface area contributed by atoms with E-state index in [-0.39, 0.29) is 12.2 Å². The molecule has 0 aromatic heterocycles. The number of hydrogen-bond donors (Lipinski definition) is 1. The number of aryl methyl sites for hydroxylation is 2. The topological polar surface area (TPSA) is 20.2 Å². The van der Waals surface area contributed by atoms with Crippen molar-refractivity contribution >= 4 is 0 Å². The summed E-state index contributed by atoms with van der Waals surface area (Å²) in [5.74, 6) is -1.02. The van der Waals surface area contributed by atoms with E-state index in [2.05, 4.69) is 0 Å². The fourth-order valence-electron chi connectivity index (χ4n) is 2.05. The van der Waals surface area contributed by atoms with Crippen molar-refractivity contribution in [1.82, 2.24) is 0 Å². The number of phenolic OH excluding ortho intramolecular Hbond substituents is 1. The molecule has 94 valence electrons. The zero-order valence-corrected chi connectivity index (χ0v) is 10.3. The summed E-state index contributed by atoms with van der Waals surface area (Å²) < 4.78 is 26.4. The van der Waals surface area contributed by atoms with Crippen LogP contribution in [0.4, 0.5) is 8.78 Å². The maximum atomic E-state index is 13.5. The van der Waals surface area contributed by atoms with Gasteiger partial charge >= 0.3 is 0 Å². The van der Waals surface area contributed by atoms with E-state index in [1.165, 1.54) is 12.1 Å². The molecule has 0 amide bonds. The highest BCUT2D eigenvalue weighted by Gasteiger charge is 2.10. The number of phenols is 1. The van der Waals surface area contributed by atoms with Gasteiger partial charge in [0.2, 0.25) is 0 Å². The minimum absolute atomic E-state index is 0.171. The molecule has 0 saturated carbocycles. The van der Waals surface area contributed by atoms with Gasteiger partial charge in [-0.25, -0.2) is 8.78 Å². The first-order valence-electron chi connectivity index (χ1n) is 5.70. The Morgan fingerprint density at radius 1 is 1.00 bits per heavy atom. The Morgan fingerprint density at radius 2 is 1.72 bits per heavy atom. The van der Waals surface area contributed by atoms with Crippen LogP contribution in [-0.4, -0.2) is 5.11 Å². The molecule has 0 bridgehead atoms. The second kappa shape index (κ2) is 4.77. The third-order valence-electron chi connectivity index (χ3n) is 2.92. The summed E-state index contributed by atoms with van der Waals surface area (Å²) in [5.41, 5.74) is 2.78. The lowest BCUT2D eigenvalue weighted by Gasteiger charge is -2.10. The Labute approximate surface area is 105 Å². The van der Waals surface area contributed by atoms with Crippen LogP contribution in [0.25, 0.3) is 0 Å². The molecule has 0 unspecified atom stereocenters. The van der Waals surface area contributed by atoms with E-state index in [1.807, 2.05) is 19.1 Å². The van der Waals surface area contributed by atoms with Crippen molar-refractivity contribution in [2.75, 3.05) is 0 Å². The predicted molar refractivity (Wildman–Crippen MR) is 66.7 cm³/mol. The van der Waals surface area contributed by atoms with Crippen LogP contribution in [-0.2, 0) is 6.42 Å². The van der Waals surface area contributed by atoms with Crippen molar-refractivity contribution in [3.05, 3.63) is 64.2 Å². The van der Waals surface area contributed by atoms with Crippen LogP contribution in [0.3, 0.4) is 0 Å². The zero-order valence-electron chi connectivity index (χ0n) is 10.3. The van der Waals surface area contributed by atoms with Crippen LogP contribution in [0.15, 0.2) is 30.3 Å². The van der Waals surface area contributed by atoms with Gasteiger partial charge in [0.1, 0.15) is 17.4 Å². The molecule has 0 saturated heterocycles. The molecule has 0 heterocycles. The molecule has 18 heavy (non-hydrogen) atoms. The molecule has 0 radical (unpaired) electrons. The SMILES string of the molecule is Cc1cc(C)c(O)c(Cc2ccc(F)cc2F)c1. The molecule has 0 atom stereocenters. The Morgan fingerprint density at radius 3 is 2.39 bits per heavy atom. The zero-order chi connectivity index (χ0) is 13.3. The third-order valence-corrected chi connectivity index (χ3v) is 2.92. The standard InChI is InChI=1S/C15H14F2O/c1-9-5-10(2)15(18)12(6-9)7-11-3-4-13(16)8-14(11)17/h3-6,8,18H,7H2,1-2H3. The van der Waals surface area contributed by atoms with Crippen molar-refractivity contribution in [1.29, 1.82) is 0 Å². The summed E-state index contributed by atoms with van der Waals surface area (Å²) >= 11 is 0. The normalized spacial score (nSPS) is 10.7. The summed E-state index contributed by atoms with van der Waals surface area (Å²) in [6.07, 6.45) is 0.250. The highest BCUT2D eigenvalue weighted by molar-refractivity contribution is 5.45. The van der Waals surface area contributed by atoms with E-state index >= 15 is 0 Å². The Bertz CT molecular complexity index is 591. The molecular formula is C15H14F2O. The first kappa shape index (κ1) is 12.6. The average molecular weight is 248 g/mol. The minimum Gasteiger partial charge on any atom is -0.507 e. The van der Waals surface area contributed by atoms with Gasteiger partial charge in [0.15, 0.2) is 0 Å². The number of aromatic hydroxyl groups is 1. The summed E-state index contributed by atoms with van der Waals surface area (Å²) in [4.78, 5) is 0. The quantitative estimate of drug-likeness (QED) is 0.855. The van der Waals surface area contributed by atoms with Gasteiger partial charge in [-0.05, 0) is 36.6 Å². The van der Waals surface area contributed by atoms with Crippen molar-refractivity contribution in [2.45, 2.75) is 20.3 Å². The summed E-state index contributed by atoms with van der Waals surface area (Å²) in [6.45, 7) is 3.71. The Balaban J connectivity index is 2.40. The van der Waals surface area contributed by atoms with Crippen LogP contribution in [0.2, 0.25) is 0 Å². The maximum Gasteiger partial charge on any atom is 0.129 e. The Kier molecular flexibility index (Phi) is 3.32. The molecule has 0 aliphatic rings. The van der Waals surface area contributed by atoms with Crippen molar-refractivity contribution in [2.24, 2.45) is 0 Å². The molecule has 1 nitrogen and oxygen atoms in total. The van der Waals surface area contributed by atoms with Crippen molar-refractivity contribution < 1.29 is 13.9 Å². The van der Waals surface area contributed by atoms with Gasteiger partial charge in [0.05, 0.1) is 0 Å². The molecule has 2 aromatic rings. The summed E-state index contributed by atoms with van der Waals surface area (Å²) in [5, 5.41) is 9.93. The number of rotatable bonds is 2. The van der Waals surface area contributed by atoms with Gasteiger partial charge in [-0.3, -0.25) is 0 Å². The molecule has 1 N–H and O–H groups in total. The highest BCUT2D eigenvalue weighted by atomic mass is 19.1. The number of halogens is 2. The van der Waals surface area contributed by atoms with Crippen LogP contribution in [0.5, 0.6) is 5.75 Å². The molecule has 2 rings (SSSR count). The second-order valence-electron chi connectivity index (χ2n) is 4.50. The average Bonchev–Trinajstić information content (AvgIpc) is 2.29. The summed E-state index contributed by atoms with van der Waals surface area (Å²) in [6, 6.07) is 7.15. The van der Waals surface area contributed by atoms with Gasteiger partial charge in [0.25, 0.3) is 0 Å². The van der Waals surface area contributed by atoms with Crippen molar-refractivity contribution in [3.8, 4) is 5.75 Å². The molecular weight excluding hydrogens is 234 g/mol. The van der Waals surface area contributed by atoms with Gasteiger partial charge in [0, 0.05) is 12.5 Å². The predicted octanol–water partition coefficient (Wildman–Crippen LogP) is 3.88. The molecule has 2 aromatic carbocycles. The fraction of sp³-hybridized carbons (Fsp3) is 0.200. The highest BCUT2D eigenvalue weighted by Crippen LogP contribution is 2.26. The van der Waals surface area contributed by atoms with E-state index < -0.39 is 11.6 Å².